The Hall–Kier alpha value is -2.21. The number of halogens is 1. The summed E-state index contributed by atoms with van der Waals surface area (Å²) in [6.45, 7) is 3.27. The lowest BCUT2D eigenvalue weighted by Gasteiger charge is -2.32. The van der Waals surface area contributed by atoms with Crippen molar-refractivity contribution in [3.63, 3.8) is 0 Å². The van der Waals surface area contributed by atoms with Gasteiger partial charge in [0.1, 0.15) is 11.6 Å². The van der Waals surface area contributed by atoms with E-state index >= 15 is 0 Å². The Bertz CT molecular complexity index is 774. The number of piperidine rings is 1. The highest BCUT2D eigenvalue weighted by atomic mass is 32.1. The van der Waals surface area contributed by atoms with Crippen molar-refractivity contribution >= 4 is 23.0 Å². The Labute approximate surface area is 150 Å². The van der Waals surface area contributed by atoms with Crippen molar-refractivity contribution < 1.29 is 18.7 Å². The van der Waals surface area contributed by atoms with Crippen molar-refractivity contribution in [2.24, 2.45) is 5.92 Å². The number of nitrogens with zero attached hydrogens (tertiary/aromatic N) is 1. The van der Waals surface area contributed by atoms with Gasteiger partial charge in [0.05, 0.1) is 17.0 Å². The van der Waals surface area contributed by atoms with Gasteiger partial charge >= 0.3 is 0 Å². The van der Waals surface area contributed by atoms with Crippen LogP contribution in [0.4, 0.5) is 4.39 Å². The molecule has 1 aromatic carbocycles. The molecule has 1 saturated heterocycles. The van der Waals surface area contributed by atoms with Gasteiger partial charge in [-0.2, -0.15) is 0 Å². The van der Waals surface area contributed by atoms with Crippen LogP contribution in [0.3, 0.4) is 0 Å². The van der Waals surface area contributed by atoms with Gasteiger partial charge in [0, 0.05) is 30.5 Å². The van der Waals surface area contributed by atoms with E-state index in [0.29, 0.717) is 35.9 Å². The highest BCUT2D eigenvalue weighted by Crippen LogP contribution is 2.23. The number of Topliss-reactive ketones (excluding diaryl/α,β-unsaturated/α-hetero) is 1. The van der Waals surface area contributed by atoms with E-state index in [9.17, 15) is 14.0 Å². The van der Waals surface area contributed by atoms with Gasteiger partial charge in [-0.3, -0.25) is 9.59 Å². The first-order chi connectivity index (χ1) is 12.0. The first kappa shape index (κ1) is 17.6. The van der Waals surface area contributed by atoms with Crippen LogP contribution < -0.4 is 4.74 Å². The van der Waals surface area contributed by atoms with Crippen molar-refractivity contribution in [2.45, 2.75) is 19.8 Å². The van der Waals surface area contributed by atoms with Gasteiger partial charge in [-0.1, -0.05) is 6.07 Å². The van der Waals surface area contributed by atoms with Crippen LogP contribution in [0, 0.1) is 11.7 Å². The quantitative estimate of drug-likeness (QED) is 0.756. The number of benzene rings is 1. The number of amides is 1. The summed E-state index contributed by atoms with van der Waals surface area (Å²) < 4.78 is 18.9. The lowest BCUT2D eigenvalue weighted by molar-refractivity contribution is 0.0634. The number of carbonyl (C=O) groups is 2. The van der Waals surface area contributed by atoms with Crippen LogP contribution in [0.2, 0.25) is 0 Å². The second-order valence-electron chi connectivity index (χ2n) is 6.28. The maximum atomic E-state index is 13.2. The average molecular weight is 361 g/mol. The van der Waals surface area contributed by atoms with E-state index in [2.05, 4.69) is 0 Å². The standard InChI is InChI=1S/C19H20FNO3S/c1-13(22)18-8-15(12-25-18)19(23)21-7-3-4-14(10-21)11-24-17-6-2-5-16(20)9-17/h2,5-6,8-9,12,14H,3-4,7,10-11H2,1H3/t14-/m1/s1. The van der Waals surface area contributed by atoms with Crippen LogP contribution in [-0.4, -0.2) is 36.3 Å². The first-order valence-corrected chi connectivity index (χ1v) is 9.18. The molecule has 0 aliphatic carbocycles. The zero-order chi connectivity index (χ0) is 17.8. The molecule has 2 heterocycles. The van der Waals surface area contributed by atoms with Gasteiger partial charge in [0.15, 0.2) is 5.78 Å². The van der Waals surface area contributed by atoms with Crippen molar-refractivity contribution in [3.05, 3.63) is 52.0 Å². The molecule has 1 atom stereocenters. The Morgan fingerprint density at radius 3 is 2.92 bits per heavy atom. The molecule has 1 aliphatic rings. The average Bonchev–Trinajstić information content (AvgIpc) is 3.10. The molecule has 0 unspecified atom stereocenters. The van der Waals surface area contributed by atoms with Gasteiger partial charge in [0.25, 0.3) is 5.91 Å². The van der Waals surface area contributed by atoms with E-state index in [1.807, 2.05) is 4.90 Å². The van der Waals surface area contributed by atoms with E-state index < -0.39 is 0 Å². The number of likely N-dealkylation sites (tertiary alicyclic amines) is 1. The molecule has 0 radical (unpaired) electrons. The molecule has 6 heteroatoms. The number of rotatable bonds is 5. The zero-order valence-electron chi connectivity index (χ0n) is 14.0. The molecule has 25 heavy (non-hydrogen) atoms. The molecule has 0 N–H and O–H groups in total. The summed E-state index contributed by atoms with van der Waals surface area (Å²) in [7, 11) is 0. The van der Waals surface area contributed by atoms with Crippen molar-refractivity contribution in [2.75, 3.05) is 19.7 Å². The fourth-order valence-corrected chi connectivity index (χ4v) is 3.76. The van der Waals surface area contributed by atoms with E-state index in [4.69, 9.17) is 4.74 Å². The molecule has 4 nitrogen and oxygen atoms in total. The Morgan fingerprint density at radius 1 is 1.36 bits per heavy atom. The van der Waals surface area contributed by atoms with Crippen molar-refractivity contribution in [1.29, 1.82) is 0 Å². The second-order valence-corrected chi connectivity index (χ2v) is 7.19. The highest BCUT2D eigenvalue weighted by Gasteiger charge is 2.25. The number of ketones is 1. The topological polar surface area (TPSA) is 46.6 Å². The molecule has 1 aliphatic heterocycles. The van der Waals surface area contributed by atoms with Crippen LogP contribution >= 0.6 is 11.3 Å². The minimum Gasteiger partial charge on any atom is -0.493 e. The predicted octanol–water partition coefficient (Wildman–Crippen LogP) is 4.02. The van der Waals surface area contributed by atoms with Crippen LogP contribution in [0.5, 0.6) is 5.75 Å². The maximum absolute atomic E-state index is 13.2. The molecule has 0 saturated carbocycles. The minimum atomic E-state index is -0.323. The van der Waals surface area contributed by atoms with E-state index in [-0.39, 0.29) is 23.4 Å². The summed E-state index contributed by atoms with van der Waals surface area (Å²) in [6.07, 6.45) is 1.88. The molecule has 3 rings (SSSR count). The third-order valence-electron chi connectivity index (χ3n) is 4.28. The van der Waals surface area contributed by atoms with Crippen molar-refractivity contribution in [3.8, 4) is 5.75 Å². The third-order valence-corrected chi connectivity index (χ3v) is 5.31. The van der Waals surface area contributed by atoms with E-state index in [1.54, 1.807) is 23.6 Å². The lowest BCUT2D eigenvalue weighted by atomic mass is 9.98. The Morgan fingerprint density at radius 2 is 2.20 bits per heavy atom. The summed E-state index contributed by atoms with van der Waals surface area (Å²) in [4.78, 5) is 26.4. The summed E-state index contributed by atoms with van der Waals surface area (Å²) in [5.74, 6) is 0.333. The van der Waals surface area contributed by atoms with Gasteiger partial charge in [-0.15, -0.1) is 11.3 Å². The molecule has 1 fully saturated rings. The van der Waals surface area contributed by atoms with Gasteiger partial charge in [0.2, 0.25) is 0 Å². The smallest absolute Gasteiger partial charge is 0.254 e. The number of carbonyl (C=O) groups excluding carboxylic acids is 2. The normalized spacial score (nSPS) is 17.4. The highest BCUT2D eigenvalue weighted by molar-refractivity contribution is 7.12. The first-order valence-electron chi connectivity index (χ1n) is 8.30. The summed E-state index contributed by atoms with van der Waals surface area (Å²) >= 11 is 1.30. The number of hydrogen-bond acceptors (Lipinski definition) is 4. The maximum Gasteiger partial charge on any atom is 0.254 e. The van der Waals surface area contributed by atoms with Crippen LogP contribution in [0.25, 0.3) is 0 Å². The number of hydrogen-bond donors (Lipinski definition) is 0. The minimum absolute atomic E-state index is 0.0240. The van der Waals surface area contributed by atoms with Gasteiger partial charge in [-0.05, 0) is 38.0 Å². The molecular formula is C19H20FNO3S. The molecule has 0 bridgehead atoms. The Kier molecular flexibility index (Phi) is 5.48. The Balaban J connectivity index is 1.58. The fourth-order valence-electron chi connectivity index (χ4n) is 2.97. The third kappa shape index (κ3) is 4.45. The van der Waals surface area contributed by atoms with Crippen LogP contribution in [-0.2, 0) is 0 Å². The monoisotopic (exact) mass is 361 g/mol. The van der Waals surface area contributed by atoms with E-state index in [0.717, 1.165) is 12.8 Å². The largest absolute Gasteiger partial charge is 0.493 e. The molecule has 0 spiro atoms. The lowest BCUT2D eigenvalue weighted by Crippen LogP contribution is -2.41. The number of ether oxygens (including phenoxy) is 1. The predicted molar refractivity (Wildman–Crippen MR) is 94.8 cm³/mol. The van der Waals surface area contributed by atoms with Crippen LogP contribution in [0.15, 0.2) is 35.7 Å². The van der Waals surface area contributed by atoms with Gasteiger partial charge in [-0.25, -0.2) is 4.39 Å². The summed E-state index contributed by atoms with van der Waals surface area (Å²) in [5, 5.41) is 1.74. The number of thiophene rings is 1. The SMILES string of the molecule is CC(=O)c1cc(C(=O)N2CCC[C@@H](COc3cccc(F)c3)C2)cs1. The zero-order valence-corrected chi connectivity index (χ0v) is 14.9. The molecule has 1 aromatic heterocycles. The molecule has 132 valence electrons. The summed E-state index contributed by atoms with van der Waals surface area (Å²) in [5.41, 5.74) is 0.571. The molecular weight excluding hydrogens is 341 g/mol. The van der Waals surface area contributed by atoms with Crippen molar-refractivity contribution in [1.82, 2.24) is 4.90 Å². The summed E-state index contributed by atoms with van der Waals surface area (Å²) in [6, 6.07) is 7.75. The second kappa shape index (κ2) is 7.78. The van der Waals surface area contributed by atoms with E-state index in [1.165, 1.54) is 30.4 Å². The van der Waals surface area contributed by atoms with Crippen LogP contribution in [0.1, 0.15) is 39.8 Å². The fraction of sp³-hybridized carbons (Fsp3) is 0.368. The van der Waals surface area contributed by atoms with Gasteiger partial charge < -0.3 is 9.64 Å². The molecule has 2 aromatic rings. The molecule has 1 amide bonds.